The van der Waals surface area contributed by atoms with Crippen LogP contribution in [0, 0.1) is 5.92 Å². The van der Waals surface area contributed by atoms with Crippen LogP contribution in [0.3, 0.4) is 0 Å². The van der Waals surface area contributed by atoms with Gasteiger partial charge >= 0.3 is 0 Å². The Morgan fingerprint density at radius 1 is 1.38 bits per heavy atom. The molecule has 5 heteroatoms. The summed E-state index contributed by atoms with van der Waals surface area (Å²) >= 11 is 1.60. The lowest BCUT2D eigenvalue weighted by Crippen LogP contribution is -2.41. The molecule has 2 N–H and O–H groups in total. The molecule has 0 bridgehead atoms. The first-order valence-electron chi connectivity index (χ1n) is 8.44. The molecular formula is C19H21NO3S. The summed E-state index contributed by atoms with van der Waals surface area (Å²) in [7, 11) is 0. The Hall–Kier alpha value is -1.85. The van der Waals surface area contributed by atoms with E-state index in [-0.39, 0.29) is 18.1 Å². The number of benzene rings is 1. The molecule has 4 rings (SSSR count). The molecule has 1 aromatic heterocycles. The van der Waals surface area contributed by atoms with E-state index in [1.165, 1.54) is 5.56 Å². The number of nitrogens with one attached hydrogen (secondary N) is 1. The topological polar surface area (TPSA) is 58.6 Å². The molecule has 2 aromatic rings. The third kappa shape index (κ3) is 3.19. The standard InChI is InChI=1S/C19H21NO3S/c21-15-9-14(10-15)19(20-18(22)11-16-2-1-7-24-16)13-3-4-17-12(8-13)5-6-23-17/h1-4,7-8,14-15,19,21H,5-6,9-11H2,(H,20,22)/t14?,15?,19-/m1/s1. The van der Waals surface area contributed by atoms with E-state index in [0.29, 0.717) is 12.3 Å². The fourth-order valence-corrected chi connectivity index (χ4v) is 4.27. The summed E-state index contributed by atoms with van der Waals surface area (Å²) in [5, 5.41) is 14.9. The molecule has 126 valence electrons. The van der Waals surface area contributed by atoms with Gasteiger partial charge < -0.3 is 15.2 Å². The van der Waals surface area contributed by atoms with Gasteiger partial charge in [-0.1, -0.05) is 12.1 Å². The fourth-order valence-electron chi connectivity index (χ4n) is 3.57. The van der Waals surface area contributed by atoms with Crippen molar-refractivity contribution < 1.29 is 14.6 Å². The summed E-state index contributed by atoms with van der Waals surface area (Å²) in [6.07, 6.45) is 2.60. The average molecular weight is 343 g/mol. The van der Waals surface area contributed by atoms with Crippen LogP contribution in [0.2, 0.25) is 0 Å². The number of hydrogen-bond acceptors (Lipinski definition) is 4. The van der Waals surface area contributed by atoms with Crippen molar-refractivity contribution in [3.8, 4) is 5.75 Å². The minimum absolute atomic E-state index is 0.0354. The van der Waals surface area contributed by atoms with Crippen molar-refractivity contribution in [2.24, 2.45) is 5.92 Å². The summed E-state index contributed by atoms with van der Waals surface area (Å²) in [5.41, 5.74) is 2.33. The summed E-state index contributed by atoms with van der Waals surface area (Å²) in [4.78, 5) is 13.5. The van der Waals surface area contributed by atoms with Gasteiger partial charge in [-0.05, 0) is 53.5 Å². The lowest BCUT2D eigenvalue weighted by atomic mass is 9.74. The number of rotatable bonds is 5. The Morgan fingerprint density at radius 2 is 2.25 bits per heavy atom. The highest BCUT2D eigenvalue weighted by Gasteiger charge is 2.36. The lowest BCUT2D eigenvalue weighted by molar-refractivity contribution is -0.122. The molecule has 0 unspecified atom stereocenters. The van der Waals surface area contributed by atoms with Crippen molar-refractivity contribution in [2.45, 2.75) is 37.8 Å². The van der Waals surface area contributed by atoms with Crippen LogP contribution in [0.15, 0.2) is 35.7 Å². The first-order chi connectivity index (χ1) is 11.7. The van der Waals surface area contributed by atoms with Crippen LogP contribution in [-0.4, -0.2) is 23.7 Å². The molecule has 1 amide bonds. The minimum atomic E-state index is -0.232. The SMILES string of the molecule is O=C(Cc1cccs1)N[C@H](c1ccc2c(c1)CCO2)C1CC(O)C1. The van der Waals surface area contributed by atoms with Crippen LogP contribution in [0.25, 0.3) is 0 Å². The molecule has 2 aliphatic rings. The van der Waals surface area contributed by atoms with Crippen molar-refractivity contribution in [1.29, 1.82) is 0 Å². The largest absolute Gasteiger partial charge is 0.493 e. The zero-order valence-electron chi connectivity index (χ0n) is 13.4. The van der Waals surface area contributed by atoms with Crippen LogP contribution in [0.1, 0.15) is 34.9 Å². The van der Waals surface area contributed by atoms with Crippen molar-refractivity contribution in [1.82, 2.24) is 5.32 Å². The van der Waals surface area contributed by atoms with Crippen LogP contribution < -0.4 is 10.1 Å². The van der Waals surface area contributed by atoms with Crippen molar-refractivity contribution in [2.75, 3.05) is 6.61 Å². The maximum Gasteiger partial charge on any atom is 0.225 e. The molecule has 4 nitrogen and oxygen atoms in total. The van der Waals surface area contributed by atoms with Gasteiger partial charge in [0.05, 0.1) is 25.2 Å². The minimum Gasteiger partial charge on any atom is -0.493 e. The Labute approximate surface area is 145 Å². The summed E-state index contributed by atoms with van der Waals surface area (Å²) in [6, 6.07) is 10.1. The van der Waals surface area contributed by atoms with E-state index in [2.05, 4.69) is 11.4 Å². The number of ether oxygens (including phenoxy) is 1. The number of aliphatic hydroxyl groups excluding tert-OH is 1. The summed E-state index contributed by atoms with van der Waals surface area (Å²) in [6.45, 7) is 0.732. The molecule has 1 aliphatic carbocycles. The average Bonchev–Trinajstić information content (AvgIpc) is 3.20. The molecule has 1 atom stereocenters. The van der Waals surface area contributed by atoms with Gasteiger partial charge in [-0.3, -0.25) is 4.79 Å². The molecule has 1 aliphatic heterocycles. The maximum absolute atomic E-state index is 12.5. The maximum atomic E-state index is 12.5. The molecule has 1 aromatic carbocycles. The van der Waals surface area contributed by atoms with Crippen LogP contribution in [0.5, 0.6) is 5.75 Å². The van der Waals surface area contributed by atoms with E-state index in [1.807, 2.05) is 29.6 Å². The predicted octanol–water partition coefficient (Wildman–Crippen LogP) is 2.85. The molecule has 0 saturated heterocycles. The Balaban J connectivity index is 1.52. The predicted molar refractivity (Wildman–Crippen MR) is 93.3 cm³/mol. The second-order valence-electron chi connectivity index (χ2n) is 6.65. The number of carbonyl (C=O) groups is 1. The fraction of sp³-hybridized carbons (Fsp3) is 0.421. The number of amides is 1. The number of aliphatic hydroxyl groups is 1. The monoisotopic (exact) mass is 343 g/mol. The van der Waals surface area contributed by atoms with Crippen molar-refractivity contribution >= 4 is 17.2 Å². The third-order valence-corrected chi connectivity index (χ3v) is 5.80. The number of carbonyl (C=O) groups excluding carboxylic acids is 1. The zero-order valence-corrected chi connectivity index (χ0v) is 14.2. The van der Waals surface area contributed by atoms with Gasteiger partial charge in [0, 0.05) is 11.3 Å². The molecule has 0 spiro atoms. The normalized spacial score (nSPS) is 23.0. The second kappa shape index (κ2) is 6.57. The molecular weight excluding hydrogens is 322 g/mol. The van der Waals surface area contributed by atoms with E-state index in [0.717, 1.165) is 42.1 Å². The highest BCUT2D eigenvalue weighted by atomic mass is 32.1. The van der Waals surface area contributed by atoms with Crippen LogP contribution in [0.4, 0.5) is 0 Å². The van der Waals surface area contributed by atoms with Gasteiger partial charge in [-0.25, -0.2) is 0 Å². The smallest absolute Gasteiger partial charge is 0.225 e. The first kappa shape index (κ1) is 15.7. The third-order valence-electron chi connectivity index (χ3n) is 4.93. The van der Waals surface area contributed by atoms with E-state index in [1.54, 1.807) is 11.3 Å². The molecule has 24 heavy (non-hydrogen) atoms. The molecule has 1 fully saturated rings. The number of thiophene rings is 1. The highest BCUT2D eigenvalue weighted by molar-refractivity contribution is 7.10. The van der Waals surface area contributed by atoms with Gasteiger partial charge in [0.2, 0.25) is 5.91 Å². The summed E-state index contributed by atoms with van der Waals surface area (Å²) in [5.74, 6) is 1.30. The van der Waals surface area contributed by atoms with Gasteiger partial charge in [0.15, 0.2) is 0 Å². The quantitative estimate of drug-likeness (QED) is 0.878. The van der Waals surface area contributed by atoms with Crippen LogP contribution >= 0.6 is 11.3 Å². The Morgan fingerprint density at radius 3 is 3.00 bits per heavy atom. The molecule has 2 heterocycles. The van der Waals surface area contributed by atoms with E-state index in [4.69, 9.17) is 4.74 Å². The number of fused-ring (bicyclic) bond motifs is 1. The second-order valence-corrected chi connectivity index (χ2v) is 7.68. The van der Waals surface area contributed by atoms with E-state index >= 15 is 0 Å². The highest BCUT2D eigenvalue weighted by Crippen LogP contribution is 2.39. The number of hydrogen-bond donors (Lipinski definition) is 2. The van der Waals surface area contributed by atoms with E-state index < -0.39 is 0 Å². The van der Waals surface area contributed by atoms with Crippen LogP contribution in [-0.2, 0) is 17.6 Å². The van der Waals surface area contributed by atoms with Gasteiger partial charge in [-0.15, -0.1) is 11.3 Å². The first-order valence-corrected chi connectivity index (χ1v) is 9.32. The van der Waals surface area contributed by atoms with Gasteiger partial charge in [0.25, 0.3) is 0 Å². The lowest BCUT2D eigenvalue weighted by Gasteiger charge is -2.38. The zero-order chi connectivity index (χ0) is 16.5. The van der Waals surface area contributed by atoms with Crippen molar-refractivity contribution in [3.05, 3.63) is 51.7 Å². The van der Waals surface area contributed by atoms with Gasteiger partial charge in [0.1, 0.15) is 5.75 Å². The summed E-state index contributed by atoms with van der Waals surface area (Å²) < 4.78 is 5.58. The molecule has 0 radical (unpaired) electrons. The Bertz CT molecular complexity index is 722. The van der Waals surface area contributed by atoms with Crippen molar-refractivity contribution in [3.63, 3.8) is 0 Å². The molecule has 1 saturated carbocycles. The van der Waals surface area contributed by atoms with Gasteiger partial charge in [-0.2, -0.15) is 0 Å². The Kier molecular flexibility index (Phi) is 4.29. The van der Waals surface area contributed by atoms with E-state index in [9.17, 15) is 9.90 Å².